The van der Waals surface area contributed by atoms with Gasteiger partial charge in [-0.25, -0.2) is 0 Å². The van der Waals surface area contributed by atoms with Crippen molar-refractivity contribution in [1.29, 1.82) is 0 Å². The predicted octanol–water partition coefficient (Wildman–Crippen LogP) is 2.08. The molecule has 0 aliphatic heterocycles. The Balaban J connectivity index is -0.00000000889. The van der Waals surface area contributed by atoms with Crippen molar-refractivity contribution in [2.24, 2.45) is 0 Å². The molecule has 0 aromatic heterocycles. The summed E-state index contributed by atoms with van der Waals surface area (Å²) >= 11 is 0. The van der Waals surface area contributed by atoms with Gasteiger partial charge in [0.25, 0.3) is 0 Å². The van der Waals surface area contributed by atoms with Crippen LogP contribution in [0.4, 0.5) is 0 Å². The smallest absolute Gasteiger partial charge is 0 e. The molecule has 0 bridgehead atoms. The topological polar surface area (TPSA) is 28.2 Å². The Morgan fingerprint density at radius 3 is 0.667 bits per heavy atom. The maximum Gasteiger partial charge on any atom is 0 e. The van der Waals surface area contributed by atoms with Crippen molar-refractivity contribution in [3.8, 4) is 0 Å². The average molecular weight is 340 g/mol. The van der Waals surface area contributed by atoms with Gasteiger partial charge in [-0.05, 0) is 0 Å². The number of nitrogens with zero attached hydrogens (tertiary/aromatic N) is 2. The van der Waals surface area contributed by atoms with Gasteiger partial charge in [0.1, 0.15) is 0 Å². The van der Waals surface area contributed by atoms with E-state index in [0.717, 1.165) is 0 Å². The summed E-state index contributed by atoms with van der Waals surface area (Å²) < 4.78 is 0. The average Bonchev–Trinajstić information content (AvgIpc) is 1.39. The fraction of sp³-hybridized carbons (Fsp3) is 1.00. The molecular formula is C4H14Cl2HfN2-2. The summed E-state index contributed by atoms with van der Waals surface area (Å²) in [4.78, 5) is 0. The van der Waals surface area contributed by atoms with Crippen LogP contribution in [0.1, 0.15) is 0 Å². The Morgan fingerprint density at radius 1 is 0.667 bits per heavy atom. The predicted molar refractivity (Wildman–Crippen MR) is 44.9 cm³/mol. The molecule has 0 aromatic carbocycles. The molecule has 2 nitrogen and oxygen atoms in total. The molecule has 0 atom stereocenters. The van der Waals surface area contributed by atoms with Crippen molar-refractivity contribution in [3.05, 3.63) is 10.6 Å². The monoisotopic (exact) mass is 340 g/mol. The van der Waals surface area contributed by atoms with Crippen LogP contribution in [0.25, 0.3) is 10.6 Å². The first-order chi connectivity index (χ1) is 2.83. The number of hydrogen-bond acceptors (Lipinski definition) is 0. The SMILES string of the molecule is C[N-]C.C[N-]C.Cl.Cl.[Hf]. The fourth-order valence-corrected chi connectivity index (χ4v) is 0. The van der Waals surface area contributed by atoms with Crippen LogP contribution in [0.3, 0.4) is 0 Å². The summed E-state index contributed by atoms with van der Waals surface area (Å²) in [6.45, 7) is 0. The van der Waals surface area contributed by atoms with E-state index >= 15 is 0 Å². The molecule has 0 saturated carbocycles. The Hall–Kier alpha value is 1.37. The van der Waals surface area contributed by atoms with Crippen LogP contribution in [0, 0.1) is 0 Å². The molecule has 0 fully saturated rings. The molecule has 0 heterocycles. The summed E-state index contributed by atoms with van der Waals surface area (Å²) in [5.41, 5.74) is 0. The summed E-state index contributed by atoms with van der Waals surface area (Å²) in [5, 5.41) is 7.00. The second kappa shape index (κ2) is 57.8. The van der Waals surface area contributed by atoms with Gasteiger partial charge < -0.3 is 10.6 Å². The molecule has 60 valence electrons. The molecule has 0 unspecified atom stereocenters. The van der Waals surface area contributed by atoms with Crippen LogP contribution >= 0.6 is 24.8 Å². The number of rotatable bonds is 0. The third-order valence-electron chi connectivity index (χ3n) is 0. The Kier molecular flexibility index (Phi) is 203. The molecule has 0 radical (unpaired) electrons. The van der Waals surface area contributed by atoms with E-state index in [1.54, 1.807) is 28.2 Å². The second-order valence-electron chi connectivity index (χ2n) is 0.894. The van der Waals surface area contributed by atoms with E-state index in [-0.39, 0.29) is 50.7 Å². The summed E-state index contributed by atoms with van der Waals surface area (Å²) in [5.74, 6) is 0. The van der Waals surface area contributed by atoms with Gasteiger partial charge in [0.15, 0.2) is 0 Å². The van der Waals surface area contributed by atoms with Crippen molar-refractivity contribution in [2.45, 2.75) is 0 Å². The van der Waals surface area contributed by atoms with Gasteiger partial charge in [-0.3, -0.25) is 0 Å². The maximum absolute atomic E-state index is 3.50. The van der Waals surface area contributed by atoms with Crippen molar-refractivity contribution >= 4 is 24.8 Å². The quantitative estimate of drug-likeness (QED) is 0.605. The van der Waals surface area contributed by atoms with Crippen molar-refractivity contribution in [1.82, 2.24) is 0 Å². The molecule has 0 N–H and O–H groups in total. The first kappa shape index (κ1) is 31.6. The molecule has 0 aliphatic rings. The largest absolute Gasteiger partial charge is 0.668 e. The zero-order chi connectivity index (χ0) is 5.41. The Morgan fingerprint density at radius 2 is 0.667 bits per heavy atom. The molecule has 0 aromatic rings. The number of hydrogen-bond donors (Lipinski definition) is 0. The molecule has 9 heavy (non-hydrogen) atoms. The molecular weight excluding hydrogens is 325 g/mol. The summed E-state index contributed by atoms with van der Waals surface area (Å²) in [6.07, 6.45) is 0. The fourth-order valence-electron chi connectivity index (χ4n) is 0. The van der Waals surface area contributed by atoms with E-state index in [4.69, 9.17) is 0 Å². The summed E-state index contributed by atoms with van der Waals surface area (Å²) in [7, 11) is 7.00. The van der Waals surface area contributed by atoms with Crippen molar-refractivity contribution in [2.75, 3.05) is 28.2 Å². The second-order valence-corrected chi connectivity index (χ2v) is 0.894. The molecule has 0 spiro atoms. The molecule has 0 aliphatic carbocycles. The molecule has 0 rings (SSSR count). The standard InChI is InChI=1S/2C2H6N.2ClH.Hf/c2*1-3-2;;;/h2*1-2H3;2*1H;/q2*-1;;;. The van der Waals surface area contributed by atoms with Gasteiger partial charge in [0.05, 0.1) is 0 Å². The number of halogens is 2. The minimum Gasteiger partial charge on any atom is -0.668 e. The Labute approximate surface area is 89.2 Å². The third-order valence-corrected chi connectivity index (χ3v) is 0. The van der Waals surface area contributed by atoms with Gasteiger partial charge in [-0.2, -0.15) is 28.2 Å². The minimum atomic E-state index is 0. The first-order valence-corrected chi connectivity index (χ1v) is 1.79. The van der Waals surface area contributed by atoms with E-state index in [1.165, 1.54) is 0 Å². The Bertz CT molecular complexity index is 18.5. The van der Waals surface area contributed by atoms with Crippen molar-refractivity contribution < 1.29 is 25.8 Å². The van der Waals surface area contributed by atoms with Crippen LogP contribution in [-0.4, -0.2) is 28.2 Å². The van der Waals surface area contributed by atoms with Crippen LogP contribution in [-0.2, 0) is 25.8 Å². The van der Waals surface area contributed by atoms with Crippen LogP contribution in [0.15, 0.2) is 0 Å². The zero-order valence-electron chi connectivity index (χ0n) is 6.21. The normalized spacial score (nSPS) is 4.00. The minimum absolute atomic E-state index is 0. The van der Waals surface area contributed by atoms with Crippen LogP contribution in [0.2, 0.25) is 0 Å². The van der Waals surface area contributed by atoms with Gasteiger partial charge in [-0.15, -0.1) is 24.8 Å². The van der Waals surface area contributed by atoms with Gasteiger partial charge in [0, 0.05) is 25.8 Å². The van der Waals surface area contributed by atoms with E-state index in [0.29, 0.717) is 0 Å². The van der Waals surface area contributed by atoms with Gasteiger partial charge in [0.2, 0.25) is 0 Å². The third kappa shape index (κ3) is 271. The van der Waals surface area contributed by atoms with E-state index in [2.05, 4.69) is 10.6 Å². The van der Waals surface area contributed by atoms with Gasteiger partial charge in [-0.1, -0.05) is 0 Å². The van der Waals surface area contributed by atoms with E-state index in [9.17, 15) is 0 Å². The van der Waals surface area contributed by atoms with Crippen LogP contribution in [0.5, 0.6) is 0 Å². The van der Waals surface area contributed by atoms with Crippen LogP contribution < -0.4 is 0 Å². The molecule has 0 amide bonds. The van der Waals surface area contributed by atoms with Crippen molar-refractivity contribution in [3.63, 3.8) is 0 Å². The first-order valence-electron chi connectivity index (χ1n) is 1.79. The van der Waals surface area contributed by atoms with E-state index in [1.807, 2.05) is 0 Å². The van der Waals surface area contributed by atoms with Gasteiger partial charge >= 0.3 is 0 Å². The maximum atomic E-state index is 3.50. The molecule has 0 saturated heterocycles. The molecule has 5 heteroatoms. The van der Waals surface area contributed by atoms with E-state index < -0.39 is 0 Å². The zero-order valence-corrected chi connectivity index (χ0v) is 11.4. The summed E-state index contributed by atoms with van der Waals surface area (Å²) in [6, 6.07) is 0.